The molecule has 1 aromatic carbocycles. The van der Waals surface area contributed by atoms with Crippen molar-refractivity contribution in [2.45, 2.75) is 25.1 Å². The molecule has 5 rings (SSSR count). The van der Waals surface area contributed by atoms with Gasteiger partial charge in [0.2, 0.25) is 11.8 Å². The number of rotatable bonds is 5. The van der Waals surface area contributed by atoms with E-state index in [1.807, 2.05) is 10.3 Å². The molecule has 1 aliphatic heterocycles. The lowest BCUT2D eigenvalue weighted by molar-refractivity contribution is -0.137. The van der Waals surface area contributed by atoms with Gasteiger partial charge in [-0.3, -0.25) is 4.79 Å². The Hall–Kier alpha value is -3.80. The zero-order valence-corrected chi connectivity index (χ0v) is 19.1. The molecule has 1 amide bonds. The maximum atomic E-state index is 13.3. The average Bonchev–Trinajstić information content (AvgIpc) is 3.55. The van der Waals surface area contributed by atoms with Crippen molar-refractivity contribution < 1.29 is 18.0 Å². The van der Waals surface area contributed by atoms with Gasteiger partial charge in [0.1, 0.15) is 0 Å². The Morgan fingerprint density at radius 3 is 2.69 bits per heavy atom. The van der Waals surface area contributed by atoms with Crippen molar-refractivity contribution in [3.05, 3.63) is 71.6 Å². The summed E-state index contributed by atoms with van der Waals surface area (Å²) in [5, 5.41) is 9.08. The zero-order chi connectivity index (χ0) is 24.4. The van der Waals surface area contributed by atoms with Gasteiger partial charge < -0.3 is 10.2 Å². The number of piperidine rings is 1. The number of carbonyl (C=O) groups is 1. The number of amides is 1. The number of halogens is 3. The summed E-state index contributed by atoms with van der Waals surface area (Å²) in [6.07, 6.45) is 0.439. The van der Waals surface area contributed by atoms with Crippen molar-refractivity contribution >= 4 is 23.2 Å². The van der Waals surface area contributed by atoms with E-state index in [1.165, 1.54) is 28.2 Å². The normalized spacial score (nSPS) is 16.3. The van der Waals surface area contributed by atoms with E-state index < -0.39 is 17.6 Å². The fourth-order valence-corrected chi connectivity index (χ4v) is 4.65. The number of hydrogen-bond acceptors (Lipinski definition) is 7. The van der Waals surface area contributed by atoms with Crippen LogP contribution in [-0.2, 0) is 6.18 Å². The number of benzene rings is 1. The highest BCUT2D eigenvalue weighted by Gasteiger charge is 2.31. The van der Waals surface area contributed by atoms with Crippen LogP contribution in [0.25, 0.3) is 16.4 Å². The van der Waals surface area contributed by atoms with Gasteiger partial charge in [-0.2, -0.15) is 13.2 Å². The third-order valence-corrected chi connectivity index (χ3v) is 6.43. The van der Waals surface area contributed by atoms with Crippen LogP contribution in [-0.4, -0.2) is 49.8 Å². The van der Waals surface area contributed by atoms with Gasteiger partial charge in [0.15, 0.2) is 5.82 Å². The van der Waals surface area contributed by atoms with Crippen molar-refractivity contribution in [1.82, 2.24) is 30.0 Å². The molecule has 0 aliphatic carbocycles. The van der Waals surface area contributed by atoms with Crippen molar-refractivity contribution in [3.63, 3.8) is 0 Å². The molecule has 1 fully saturated rings. The second-order valence-corrected chi connectivity index (χ2v) is 8.95. The molecule has 12 heteroatoms. The van der Waals surface area contributed by atoms with Crippen molar-refractivity contribution in [2.75, 3.05) is 18.0 Å². The maximum Gasteiger partial charge on any atom is 0.416 e. The second-order valence-electron chi connectivity index (χ2n) is 8.00. The topological polar surface area (TPSA) is 88.8 Å². The lowest BCUT2D eigenvalue weighted by Gasteiger charge is -2.32. The molecule has 180 valence electrons. The summed E-state index contributed by atoms with van der Waals surface area (Å²) in [7, 11) is 0. The van der Waals surface area contributed by atoms with Gasteiger partial charge in [-0.15, -0.1) is 16.4 Å². The minimum atomic E-state index is -4.50. The van der Waals surface area contributed by atoms with E-state index >= 15 is 0 Å². The Morgan fingerprint density at radius 1 is 1.11 bits per heavy atom. The van der Waals surface area contributed by atoms with Crippen molar-refractivity contribution in [3.8, 4) is 16.4 Å². The summed E-state index contributed by atoms with van der Waals surface area (Å²) in [6, 6.07) is 9.93. The molecular weight excluding hydrogens is 479 g/mol. The third kappa shape index (κ3) is 5.02. The van der Waals surface area contributed by atoms with Gasteiger partial charge in [0.05, 0.1) is 16.1 Å². The van der Waals surface area contributed by atoms with Crippen LogP contribution in [0.5, 0.6) is 0 Å². The Bertz CT molecular complexity index is 1310. The first-order valence-corrected chi connectivity index (χ1v) is 11.8. The fraction of sp³-hybridized carbons (Fsp3) is 0.261. The lowest BCUT2D eigenvalue weighted by Crippen LogP contribution is -2.48. The van der Waals surface area contributed by atoms with E-state index in [0.717, 1.165) is 31.5 Å². The largest absolute Gasteiger partial charge is 0.416 e. The smallest absolute Gasteiger partial charge is 0.345 e. The molecule has 3 aromatic heterocycles. The number of nitrogens with one attached hydrogen (secondary N) is 1. The summed E-state index contributed by atoms with van der Waals surface area (Å²) in [6.45, 7) is 1.31. The Kier molecular flexibility index (Phi) is 6.20. The number of hydrogen-bond donors (Lipinski definition) is 1. The molecule has 1 N–H and O–H groups in total. The third-order valence-electron chi connectivity index (χ3n) is 5.56. The number of thiophene rings is 1. The van der Waals surface area contributed by atoms with Crippen LogP contribution in [0, 0.1) is 0 Å². The van der Waals surface area contributed by atoms with Crippen LogP contribution in [0.4, 0.5) is 19.1 Å². The summed E-state index contributed by atoms with van der Waals surface area (Å²) in [5.74, 6) is 0.291. The summed E-state index contributed by atoms with van der Waals surface area (Å²) in [4.78, 5) is 28.7. The lowest BCUT2D eigenvalue weighted by atomic mass is 10.1. The highest BCUT2D eigenvalue weighted by Crippen LogP contribution is 2.32. The van der Waals surface area contributed by atoms with Crippen molar-refractivity contribution in [1.29, 1.82) is 0 Å². The van der Waals surface area contributed by atoms with Gasteiger partial charge in [-0.1, -0.05) is 12.1 Å². The number of aromatic nitrogens is 5. The molecule has 1 aliphatic rings. The van der Waals surface area contributed by atoms with Crippen LogP contribution in [0.15, 0.2) is 60.2 Å². The Balaban J connectivity index is 1.41. The van der Waals surface area contributed by atoms with Crippen LogP contribution < -0.4 is 10.2 Å². The van der Waals surface area contributed by atoms with Gasteiger partial charge in [0, 0.05) is 31.5 Å². The highest BCUT2D eigenvalue weighted by molar-refractivity contribution is 7.13. The monoisotopic (exact) mass is 499 g/mol. The second kappa shape index (κ2) is 9.45. The average molecular weight is 500 g/mol. The predicted octanol–water partition coefficient (Wildman–Crippen LogP) is 4.20. The van der Waals surface area contributed by atoms with Crippen LogP contribution in [0.3, 0.4) is 0 Å². The van der Waals surface area contributed by atoms with Gasteiger partial charge in [-0.25, -0.2) is 19.6 Å². The van der Waals surface area contributed by atoms with E-state index in [0.29, 0.717) is 23.2 Å². The highest BCUT2D eigenvalue weighted by atomic mass is 32.1. The fourth-order valence-electron chi connectivity index (χ4n) is 3.95. The zero-order valence-electron chi connectivity index (χ0n) is 18.3. The van der Waals surface area contributed by atoms with Crippen LogP contribution in [0.1, 0.15) is 29.0 Å². The summed E-state index contributed by atoms with van der Waals surface area (Å²) >= 11 is 1.36. The van der Waals surface area contributed by atoms with Gasteiger partial charge >= 0.3 is 6.18 Å². The summed E-state index contributed by atoms with van der Waals surface area (Å²) < 4.78 is 41.1. The first kappa shape index (κ1) is 23.0. The van der Waals surface area contributed by atoms with Crippen molar-refractivity contribution in [2.24, 2.45) is 0 Å². The molecule has 8 nitrogen and oxygen atoms in total. The number of alkyl halides is 3. The molecule has 0 radical (unpaired) electrons. The number of nitrogens with zero attached hydrogens (tertiary/aromatic N) is 6. The molecule has 1 unspecified atom stereocenters. The molecule has 4 aromatic rings. The van der Waals surface area contributed by atoms with E-state index in [1.54, 1.807) is 30.6 Å². The van der Waals surface area contributed by atoms with E-state index in [9.17, 15) is 18.0 Å². The molecule has 0 spiro atoms. The molecule has 1 atom stereocenters. The van der Waals surface area contributed by atoms with E-state index in [2.05, 4.69) is 25.4 Å². The molecule has 4 heterocycles. The first-order valence-electron chi connectivity index (χ1n) is 10.9. The molecule has 0 saturated carbocycles. The molecular formula is C23H20F3N7OS. The SMILES string of the molecule is O=C(NC1CCCN(c2ncccn2)C1)c1nc(-c2cccs2)n(-c2cccc(C(F)(F)F)c2)n1. The standard InChI is InChI=1S/C23H20F3N7OS/c24-23(25,26)15-5-1-7-17(13-15)33-20(18-8-3-12-35-18)30-19(31-33)21(34)29-16-6-2-11-32(14-16)22-27-9-4-10-28-22/h1,3-5,7-10,12-13,16H,2,6,11,14H2,(H,29,34). The minimum Gasteiger partial charge on any atom is -0.345 e. The van der Waals surface area contributed by atoms with E-state index in [-0.39, 0.29) is 17.6 Å². The van der Waals surface area contributed by atoms with Crippen LogP contribution >= 0.6 is 11.3 Å². The predicted molar refractivity (Wildman–Crippen MR) is 124 cm³/mol. The molecule has 1 saturated heterocycles. The van der Waals surface area contributed by atoms with E-state index in [4.69, 9.17) is 0 Å². The Labute approximate surface area is 202 Å². The number of anilines is 1. The summed E-state index contributed by atoms with van der Waals surface area (Å²) in [5.41, 5.74) is -0.640. The van der Waals surface area contributed by atoms with Gasteiger partial charge in [0.25, 0.3) is 5.91 Å². The quantitative estimate of drug-likeness (QED) is 0.443. The maximum absolute atomic E-state index is 13.3. The minimum absolute atomic E-state index is 0.112. The number of carbonyl (C=O) groups excluding carboxylic acids is 1. The molecule has 35 heavy (non-hydrogen) atoms. The molecule has 0 bridgehead atoms. The first-order chi connectivity index (χ1) is 16.9. The van der Waals surface area contributed by atoms with Crippen LogP contribution in [0.2, 0.25) is 0 Å². The van der Waals surface area contributed by atoms with Gasteiger partial charge in [-0.05, 0) is 48.6 Å². The Morgan fingerprint density at radius 2 is 1.94 bits per heavy atom.